The molecular formula is C8H16O5. The Morgan fingerprint density at radius 1 is 1.23 bits per heavy atom. The maximum atomic E-state index is 9.58. The zero-order valence-electron chi connectivity index (χ0n) is 7.75. The SMILES string of the molecule is COC[C@H]1O[C@H](O)[C@H](O)[C@@H](C)[C@@H]1O. The molecule has 0 saturated carbocycles. The monoisotopic (exact) mass is 192 g/mol. The lowest BCUT2D eigenvalue weighted by molar-refractivity contribution is -0.272. The maximum Gasteiger partial charge on any atom is 0.181 e. The highest BCUT2D eigenvalue weighted by Crippen LogP contribution is 2.24. The Kier molecular flexibility index (Phi) is 3.63. The Balaban J connectivity index is 2.59. The Bertz CT molecular complexity index is 163. The van der Waals surface area contributed by atoms with Crippen molar-refractivity contribution in [1.82, 2.24) is 0 Å². The number of ether oxygens (including phenoxy) is 2. The van der Waals surface area contributed by atoms with E-state index in [-0.39, 0.29) is 6.61 Å². The van der Waals surface area contributed by atoms with E-state index in [1.807, 2.05) is 0 Å². The Hall–Kier alpha value is -0.200. The van der Waals surface area contributed by atoms with Crippen LogP contribution >= 0.6 is 0 Å². The minimum Gasteiger partial charge on any atom is -0.390 e. The van der Waals surface area contributed by atoms with Crippen molar-refractivity contribution in [3.8, 4) is 0 Å². The van der Waals surface area contributed by atoms with Gasteiger partial charge in [-0.25, -0.2) is 0 Å². The van der Waals surface area contributed by atoms with Crippen molar-refractivity contribution < 1.29 is 24.8 Å². The van der Waals surface area contributed by atoms with E-state index < -0.39 is 30.5 Å². The molecule has 0 aliphatic carbocycles. The van der Waals surface area contributed by atoms with Gasteiger partial charge in [-0.1, -0.05) is 6.92 Å². The fourth-order valence-electron chi connectivity index (χ4n) is 1.44. The summed E-state index contributed by atoms with van der Waals surface area (Å²) in [6.45, 7) is 1.86. The molecule has 78 valence electrons. The highest BCUT2D eigenvalue weighted by atomic mass is 16.6. The van der Waals surface area contributed by atoms with Gasteiger partial charge in [0.25, 0.3) is 0 Å². The second kappa shape index (κ2) is 4.34. The molecule has 13 heavy (non-hydrogen) atoms. The summed E-state index contributed by atoms with van der Waals surface area (Å²) in [5.41, 5.74) is 0. The predicted octanol–water partition coefficient (Wildman–Crippen LogP) is -1.29. The van der Waals surface area contributed by atoms with E-state index in [1.54, 1.807) is 6.92 Å². The molecule has 0 bridgehead atoms. The van der Waals surface area contributed by atoms with Gasteiger partial charge in [0.05, 0.1) is 12.7 Å². The number of rotatable bonds is 2. The van der Waals surface area contributed by atoms with Gasteiger partial charge in [0.2, 0.25) is 0 Å². The third kappa shape index (κ3) is 2.18. The minimum absolute atomic E-state index is 0.204. The van der Waals surface area contributed by atoms with E-state index in [9.17, 15) is 15.3 Å². The van der Waals surface area contributed by atoms with E-state index in [0.29, 0.717) is 0 Å². The molecule has 1 fully saturated rings. The molecule has 1 saturated heterocycles. The molecule has 0 spiro atoms. The van der Waals surface area contributed by atoms with Crippen LogP contribution in [0.3, 0.4) is 0 Å². The van der Waals surface area contributed by atoms with E-state index in [0.717, 1.165) is 0 Å². The molecule has 0 unspecified atom stereocenters. The van der Waals surface area contributed by atoms with E-state index in [4.69, 9.17) is 9.47 Å². The molecule has 1 rings (SSSR count). The van der Waals surface area contributed by atoms with Crippen LogP contribution in [0.2, 0.25) is 0 Å². The van der Waals surface area contributed by atoms with Gasteiger partial charge >= 0.3 is 0 Å². The van der Waals surface area contributed by atoms with Gasteiger partial charge < -0.3 is 24.8 Å². The molecule has 0 radical (unpaired) electrons. The third-order valence-electron chi connectivity index (χ3n) is 2.40. The Morgan fingerprint density at radius 3 is 2.38 bits per heavy atom. The summed E-state index contributed by atoms with van der Waals surface area (Å²) in [5.74, 6) is -0.413. The lowest BCUT2D eigenvalue weighted by Gasteiger charge is -2.38. The zero-order chi connectivity index (χ0) is 10.0. The number of hydrogen-bond donors (Lipinski definition) is 3. The van der Waals surface area contributed by atoms with Crippen LogP contribution in [0.4, 0.5) is 0 Å². The first kappa shape index (κ1) is 10.9. The highest BCUT2D eigenvalue weighted by Gasteiger charge is 2.41. The summed E-state index contributed by atoms with van der Waals surface area (Å²) in [5, 5.41) is 28.1. The Morgan fingerprint density at radius 2 is 1.85 bits per heavy atom. The second-order valence-corrected chi connectivity index (χ2v) is 3.36. The molecule has 0 aromatic carbocycles. The second-order valence-electron chi connectivity index (χ2n) is 3.36. The van der Waals surface area contributed by atoms with Crippen molar-refractivity contribution in [3.63, 3.8) is 0 Å². The van der Waals surface area contributed by atoms with Crippen molar-refractivity contribution in [2.45, 2.75) is 31.5 Å². The maximum absolute atomic E-state index is 9.58. The van der Waals surface area contributed by atoms with Crippen LogP contribution in [0.25, 0.3) is 0 Å². The van der Waals surface area contributed by atoms with Crippen LogP contribution in [0.15, 0.2) is 0 Å². The molecular weight excluding hydrogens is 176 g/mol. The summed E-state index contributed by atoms with van der Waals surface area (Å²) >= 11 is 0. The summed E-state index contributed by atoms with van der Waals surface area (Å²) in [6.07, 6.45) is -3.65. The molecule has 5 atom stereocenters. The van der Waals surface area contributed by atoms with Gasteiger partial charge in [-0.3, -0.25) is 0 Å². The van der Waals surface area contributed by atoms with Gasteiger partial charge in [0.1, 0.15) is 12.2 Å². The van der Waals surface area contributed by atoms with Crippen LogP contribution in [0.5, 0.6) is 0 Å². The molecule has 1 aliphatic heterocycles. The zero-order valence-corrected chi connectivity index (χ0v) is 7.75. The Labute approximate surface area is 76.9 Å². The van der Waals surface area contributed by atoms with E-state index >= 15 is 0 Å². The fraction of sp³-hybridized carbons (Fsp3) is 1.00. The van der Waals surface area contributed by atoms with Gasteiger partial charge in [0.15, 0.2) is 6.29 Å². The molecule has 5 nitrogen and oxygen atoms in total. The van der Waals surface area contributed by atoms with Crippen LogP contribution in [-0.4, -0.2) is 53.6 Å². The van der Waals surface area contributed by atoms with E-state index in [1.165, 1.54) is 7.11 Å². The van der Waals surface area contributed by atoms with Crippen molar-refractivity contribution in [2.24, 2.45) is 5.92 Å². The van der Waals surface area contributed by atoms with Gasteiger partial charge in [-0.05, 0) is 0 Å². The van der Waals surface area contributed by atoms with Crippen molar-refractivity contribution in [2.75, 3.05) is 13.7 Å². The molecule has 0 aromatic rings. The number of aliphatic hydroxyl groups excluding tert-OH is 3. The third-order valence-corrected chi connectivity index (χ3v) is 2.40. The quantitative estimate of drug-likeness (QED) is 0.507. The van der Waals surface area contributed by atoms with Crippen LogP contribution in [0.1, 0.15) is 6.92 Å². The van der Waals surface area contributed by atoms with E-state index in [2.05, 4.69) is 0 Å². The fourth-order valence-corrected chi connectivity index (χ4v) is 1.44. The first-order valence-electron chi connectivity index (χ1n) is 4.26. The summed E-state index contributed by atoms with van der Waals surface area (Å²) in [4.78, 5) is 0. The van der Waals surface area contributed by atoms with Crippen molar-refractivity contribution in [1.29, 1.82) is 0 Å². The minimum atomic E-state index is -1.24. The van der Waals surface area contributed by atoms with Crippen molar-refractivity contribution >= 4 is 0 Å². The van der Waals surface area contributed by atoms with Crippen molar-refractivity contribution in [3.05, 3.63) is 0 Å². The van der Waals surface area contributed by atoms with Gasteiger partial charge in [-0.2, -0.15) is 0 Å². The topological polar surface area (TPSA) is 79.2 Å². The summed E-state index contributed by atoms with van der Waals surface area (Å²) in [6, 6.07) is 0. The van der Waals surface area contributed by atoms with Crippen LogP contribution in [0, 0.1) is 5.92 Å². The molecule has 0 aromatic heterocycles. The number of aliphatic hydroxyl groups is 3. The molecule has 3 N–H and O–H groups in total. The lowest BCUT2D eigenvalue weighted by atomic mass is 9.91. The molecule has 1 aliphatic rings. The summed E-state index contributed by atoms with van der Waals surface area (Å²) < 4.78 is 9.76. The number of methoxy groups -OCH3 is 1. The largest absolute Gasteiger partial charge is 0.390 e. The standard InChI is InChI=1S/C8H16O5/c1-4-6(9)5(3-12-2)13-8(11)7(4)10/h4-11H,3H2,1-2H3/t4-,5+,6-,7+,8-/m0/s1. The molecule has 0 amide bonds. The highest BCUT2D eigenvalue weighted by molar-refractivity contribution is 4.85. The lowest BCUT2D eigenvalue weighted by Crippen LogP contribution is -2.54. The summed E-state index contributed by atoms with van der Waals surface area (Å²) in [7, 11) is 1.48. The van der Waals surface area contributed by atoms with Crippen LogP contribution in [-0.2, 0) is 9.47 Å². The number of hydrogen-bond acceptors (Lipinski definition) is 5. The first-order valence-corrected chi connectivity index (χ1v) is 4.26. The van der Waals surface area contributed by atoms with Gasteiger partial charge in [-0.15, -0.1) is 0 Å². The average Bonchev–Trinajstić information content (AvgIpc) is 2.11. The molecule has 5 heteroatoms. The predicted molar refractivity (Wildman–Crippen MR) is 43.9 cm³/mol. The van der Waals surface area contributed by atoms with Gasteiger partial charge in [0, 0.05) is 13.0 Å². The molecule has 1 heterocycles. The smallest absolute Gasteiger partial charge is 0.181 e. The first-order chi connectivity index (χ1) is 6.07. The van der Waals surface area contributed by atoms with Crippen LogP contribution < -0.4 is 0 Å². The average molecular weight is 192 g/mol. The normalized spacial score (nSPS) is 46.4.